The molecule has 0 bridgehead atoms. The van der Waals surface area contributed by atoms with E-state index in [4.69, 9.17) is 4.42 Å². The number of rotatable bonds is 7. The van der Waals surface area contributed by atoms with E-state index in [0.29, 0.717) is 37.0 Å². The lowest BCUT2D eigenvalue weighted by molar-refractivity contribution is -0.120. The minimum atomic E-state index is -0.345. The van der Waals surface area contributed by atoms with Gasteiger partial charge >= 0.3 is 0 Å². The van der Waals surface area contributed by atoms with Crippen LogP contribution in [0.4, 0.5) is 4.39 Å². The number of carbonyl (C=O) groups is 1. The molecule has 1 aromatic carbocycles. The van der Waals surface area contributed by atoms with Crippen LogP contribution in [0.5, 0.6) is 0 Å². The van der Waals surface area contributed by atoms with E-state index in [9.17, 15) is 9.18 Å². The van der Waals surface area contributed by atoms with Gasteiger partial charge in [0.05, 0.1) is 19.2 Å². The number of guanidine groups is 1. The molecule has 2 aromatic rings. The minimum absolute atomic E-state index is 0. The molecule has 9 heteroatoms. The second-order valence-corrected chi connectivity index (χ2v) is 7.38. The smallest absolute Gasteiger partial charge is 0.224 e. The maximum Gasteiger partial charge on any atom is 0.224 e. The molecule has 0 aliphatic carbocycles. The van der Waals surface area contributed by atoms with E-state index >= 15 is 0 Å². The lowest BCUT2D eigenvalue weighted by atomic mass is 9.94. The Morgan fingerprint density at radius 1 is 1.21 bits per heavy atom. The number of hydrogen-bond acceptors (Lipinski definition) is 4. The molecule has 7 nitrogen and oxygen atoms in total. The Morgan fingerprint density at radius 2 is 1.93 bits per heavy atom. The van der Waals surface area contributed by atoms with Gasteiger partial charge in [-0.3, -0.25) is 9.79 Å². The van der Waals surface area contributed by atoms with Gasteiger partial charge in [-0.1, -0.05) is 32.9 Å². The molecule has 0 saturated carbocycles. The van der Waals surface area contributed by atoms with Crippen LogP contribution in [0.3, 0.4) is 0 Å². The quantitative estimate of drug-likeness (QED) is 0.228. The summed E-state index contributed by atoms with van der Waals surface area (Å²) in [6.45, 7) is 7.51. The van der Waals surface area contributed by atoms with Gasteiger partial charge in [-0.2, -0.15) is 0 Å². The summed E-state index contributed by atoms with van der Waals surface area (Å²) in [5.41, 5.74) is 0.554. The maximum absolute atomic E-state index is 13.1. The van der Waals surface area contributed by atoms with E-state index in [1.165, 1.54) is 12.1 Å². The van der Waals surface area contributed by atoms with Crippen LogP contribution in [-0.4, -0.2) is 37.0 Å². The highest BCUT2D eigenvalue weighted by Crippen LogP contribution is 2.22. The van der Waals surface area contributed by atoms with Gasteiger partial charge in [0.2, 0.25) is 11.8 Å². The van der Waals surface area contributed by atoms with Crippen molar-refractivity contribution in [3.05, 3.63) is 53.5 Å². The molecule has 2 rings (SSSR count). The molecular formula is C20H29FIN5O2. The number of hydrogen-bond donors (Lipinski definition) is 3. The maximum atomic E-state index is 13.1. The average Bonchev–Trinajstić information content (AvgIpc) is 3.10. The molecule has 29 heavy (non-hydrogen) atoms. The van der Waals surface area contributed by atoms with Gasteiger partial charge in [-0.05, 0) is 17.7 Å². The van der Waals surface area contributed by atoms with Gasteiger partial charge in [0, 0.05) is 25.6 Å². The second kappa shape index (κ2) is 11.7. The fourth-order valence-electron chi connectivity index (χ4n) is 2.40. The number of nitrogens with zero attached hydrogens (tertiary/aromatic N) is 2. The van der Waals surface area contributed by atoms with Crippen molar-refractivity contribution >= 4 is 35.8 Å². The first kappa shape index (κ1) is 24.9. The lowest BCUT2D eigenvalue weighted by Gasteiger charge is -2.13. The largest absolute Gasteiger partial charge is 0.443 e. The number of nitrogens with one attached hydrogen (secondary N) is 3. The van der Waals surface area contributed by atoms with Crippen LogP contribution in [0.15, 0.2) is 39.9 Å². The predicted molar refractivity (Wildman–Crippen MR) is 122 cm³/mol. The monoisotopic (exact) mass is 517 g/mol. The second-order valence-electron chi connectivity index (χ2n) is 7.38. The Labute approximate surface area is 188 Å². The SMILES string of the molecule is CN=C(NCCNC(=O)Cc1cccc(F)c1)NCc1ncc(C(C)(C)C)o1.I. The lowest BCUT2D eigenvalue weighted by Crippen LogP contribution is -2.41. The van der Waals surface area contributed by atoms with E-state index in [-0.39, 0.29) is 47.5 Å². The van der Waals surface area contributed by atoms with Crippen LogP contribution < -0.4 is 16.0 Å². The average molecular weight is 517 g/mol. The van der Waals surface area contributed by atoms with Gasteiger partial charge in [0.25, 0.3) is 0 Å². The number of carbonyl (C=O) groups excluding carboxylic acids is 1. The molecule has 1 heterocycles. The summed E-state index contributed by atoms with van der Waals surface area (Å²) in [4.78, 5) is 20.3. The topological polar surface area (TPSA) is 91.5 Å². The Morgan fingerprint density at radius 3 is 2.55 bits per heavy atom. The first-order valence-corrected chi connectivity index (χ1v) is 9.19. The summed E-state index contributed by atoms with van der Waals surface area (Å²) >= 11 is 0. The predicted octanol–water partition coefficient (Wildman–Crippen LogP) is 2.75. The van der Waals surface area contributed by atoms with Crippen LogP contribution >= 0.6 is 24.0 Å². The van der Waals surface area contributed by atoms with E-state index in [2.05, 4.69) is 46.7 Å². The molecule has 0 radical (unpaired) electrons. The van der Waals surface area contributed by atoms with E-state index in [0.717, 1.165) is 5.76 Å². The first-order valence-electron chi connectivity index (χ1n) is 9.19. The number of aliphatic imine (C=N–C) groups is 1. The van der Waals surface area contributed by atoms with Gasteiger partial charge in [-0.15, -0.1) is 24.0 Å². The fourth-order valence-corrected chi connectivity index (χ4v) is 2.40. The molecule has 0 spiro atoms. The summed E-state index contributed by atoms with van der Waals surface area (Å²) in [6.07, 6.45) is 1.88. The molecular weight excluding hydrogens is 488 g/mol. The molecule has 0 aliphatic rings. The zero-order valence-corrected chi connectivity index (χ0v) is 19.5. The van der Waals surface area contributed by atoms with Gasteiger partial charge < -0.3 is 20.4 Å². The van der Waals surface area contributed by atoms with E-state index in [1.54, 1.807) is 25.4 Å². The van der Waals surface area contributed by atoms with E-state index in [1.807, 2.05) is 0 Å². The summed E-state index contributed by atoms with van der Waals surface area (Å²) < 4.78 is 18.9. The summed E-state index contributed by atoms with van der Waals surface area (Å²) in [5.74, 6) is 1.48. The fraction of sp³-hybridized carbons (Fsp3) is 0.450. The summed E-state index contributed by atoms with van der Waals surface area (Å²) in [7, 11) is 1.66. The molecule has 160 valence electrons. The zero-order valence-electron chi connectivity index (χ0n) is 17.2. The highest BCUT2D eigenvalue weighted by atomic mass is 127. The number of amides is 1. The van der Waals surface area contributed by atoms with Crippen LogP contribution in [0.1, 0.15) is 38.0 Å². The molecule has 0 atom stereocenters. The Bertz CT molecular complexity index is 817. The van der Waals surface area contributed by atoms with Crippen LogP contribution in [-0.2, 0) is 23.2 Å². The minimum Gasteiger partial charge on any atom is -0.443 e. The van der Waals surface area contributed by atoms with Gasteiger partial charge in [-0.25, -0.2) is 9.37 Å². The highest BCUT2D eigenvalue weighted by Gasteiger charge is 2.19. The standard InChI is InChI=1S/C20H28FN5O2.HI/c1-20(2,3)16-12-25-18(28-16)13-26-19(22-4)24-9-8-23-17(27)11-14-6-5-7-15(21)10-14;/h5-7,10,12H,8-9,11,13H2,1-4H3,(H,23,27)(H2,22,24,26);1H. The summed E-state index contributed by atoms with van der Waals surface area (Å²) in [5, 5.41) is 9.00. The highest BCUT2D eigenvalue weighted by molar-refractivity contribution is 14.0. The number of oxazole rings is 1. The van der Waals surface area contributed by atoms with Crippen LogP contribution in [0.2, 0.25) is 0 Å². The Balaban J connectivity index is 0.00000420. The van der Waals surface area contributed by atoms with Crippen molar-refractivity contribution in [2.24, 2.45) is 4.99 Å². The Kier molecular flexibility index (Phi) is 10.1. The Hall–Kier alpha value is -2.17. The van der Waals surface area contributed by atoms with Gasteiger partial charge in [0.1, 0.15) is 11.6 Å². The molecule has 0 saturated heterocycles. The van der Waals surface area contributed by atoms with Crippen molar-refractivity contribution in [3.63, 3.8) is 0 Å². The third-order valence-electron chi connectivity index (χ3n) is 3.92. The van der Waals surface area contributed by atoms with Crippen molar-refractivity contribution in [3.8, 4) is 0 Å². The van der Waals surface area contributed by atoms with Crippen molar-refractivity contribution in [1.29, 1.82) is 0 Å². The molecule has 0 fully saturated rings. The van der Waals surface area contributed by atoms with Gasteiger partial charge in [0.15, 0.2) is 5.96 Å². The van der Waals surface area contributed by atoms with Crippen LogP contribution in [0, 0.1) is 5.82 Å². The summed E-state index contributed by atoms with van der Waals surface area (Å²) in [6, 6.07) is 6.03. The number of halogens is 2. The third-order valence-corrected chi connectivity index (χ3v) is 3.92. The van der Waals surface area contributed by atoms with Crippen LogP contribution in [0.25, 0.3) is 0 Å². The van der Waals surface area contributed by atoms with Crippen molar-refractivity contribution in [1.82, 2.24) is 20.9 Å². The van der Waals surface area contributed by atoms with E-state index < -0.39 is 0 Å². The molecule has 0 aliphatic heterocycles. The normalized spacial score (nSPS) is 11.6. The first-order chi connectivity index (χ1) is 13.3. The van der Waals surface area contributed by atoms with Crippen molar-refractivity contribution < 1.29 is 13.6 Å². The third kappa shape index (κ3) is 8.80. The number of aromatic nitrogens is 1. The van der Waals surface area contributed by atoms with Crippen molar-refractivity contribution in [2.45, 2.75) is 39.2 Å². The van der Waals surface area contributed by atoms with Crippen molar-refractivity contribution in [2.75, 3.05) is 20.1 Å². The molecule has 3 N–H and O–H groups in total. The molecule has 1 amide bonds. The molecule has 1 aromatic heterocycles. The zero-order chi connectivity index (χ0) is 20.6. The molecule has 0 unspecified atom stereocenters. The number of benzene rings is 1.